The summed E-state index contributed by atoms with van der Waals surface area (Å²) in [6.45, 7) is 10.1. The van der Waals surface area contributed by atoms with Gasteiger partial charge in [-0.05, 0) is 32.1 Å². The van der Waals surface area contributed by atoms with Crippen LogP contribution in [0.4, 0.5) is 0 Å². The largest absolute Gasteiger partial charge is 0.481 e. The summed E-state index contributed by atoms with van der Waals surface area (Å²) in [5, 5.41) is 28.2. The summed E-state index contributed by atoms with van der Waals surface area (Å²) >= 11 is 0. The fraction of sp³-hybridized carbons (Fsp3) is 0.833. The first-order chi connectivity index (χ1) is 17.5. The lowest BCUT2D eigenvalue weighted by Crippen LogP contribution is -2.52. The number of unbranched alkanes of at least 4 members (excludes halogenated alkanes) is 9. The summed E-state index contributed by atoms with van der Waals surface area (Å²) in [4.78, 5) is 34.3. The summed E-state index contributed by atoms with van der Waals surface area (Å²) in [6.07, 6.45) is 19.2. The highest BCUT2D eigenvalue weighted by Gasteiger charge is 2.31. The lowest BCUT2D eigenvalue weighted by molar-refractivity contribution is -0.929. The van der Waals surface area contributed by atoms with Crippen molar-refractivity contribution < 1.29 is 34.2 Å². The highest BCUT2D eigenvalue weighted by Crippen LogP contribution is 2.22. The Hall–Kier alpha value is -1.89. The van der Waals surface area contributed by atoms with E-state index in [1.54, 1.807) is 20.8 Å². The molecule has 3 unspecified atom stereocenters. The van der Waals surface area contributed by atoms with Crippen molar-refractivity contribution in [2.75, 3.05) is 26.2 Å². The SMILES string of the molecule is CCC/C=C/CCCCCCCCCC[N+](CCC(C)C(=O)O)(CCC(C)C(=O)O)CCC(C)C(=O)O. The van der Waals surface area contributed by atoms with Crippen molar-refractivity contribution in [2.24, 2.45) is 17.8 Å². The molecule has 0 bridgehead atoms. The zero-order chi connectivity index (χ0) is 28.1. The minimum atomic E-state index is -0.826. The van der Waals surface area contributed by atoms with Gasteiger partial charge in [-0.1, -0.05) is 78.4 Å². The summed E-state index contributed by atoms with van der Waals surface area (Å²) in [5.41, 5.74) is 0. The van der Waals surface area contributed by atoms with Crippen LogP contribution in [0.2, 0.25) is 0 Å². The lowest BCUT2D eigenvalue weighted by atomic mass is 10.0. The van der Waals surface area contributed by atoms with Crippen LogP contribution in [0.3, 0.4) is 0 Å². The first-order valence-electron chi connectivity index (χ1n) is 14.7. The average Bonchev–Trinajstić information content (AvgIpc) is 2.86. The molecule has 0 aliphatic rings. The van der Waals surface area contributed by atoms with Crippen molar-refractivity contribution >= 4 is 17.9 Å². The van der Waals surface area contributed by atoms with Crippen LogP contribution < -0.4 is 0 Å². The number of carboxylic acids is 3. The van der Waals surface area contributed by atoms with E-state index in [1.807, 2.05) is 0 Å². The third kappa shape index (κ3) is 18.1. The number of hydrogen-bond acceptors (Lipinski definition) is 3. The molecule has 37 heavy (non-hydrogen) atoms. The molecule has 0 spiro atoms. The summed E-state index contributed by atoms with van der Waals surface area (Å²) in [5.74, 6) is -3.91. The number of carbonyl (C=O) groups is 3. The molecule has 7 nitrogen and oxygen atoms in total. The maximum Gasteiger partial charge on any atom is 0.306 e. The number of rotatable bonds is 25. The van der Waals surface area contributed by atoms with Gasteiger partial charge in [0.15, 0.2) is 0 Å². The Kier molecular flexibility index (Phi) is 20.0. The van der Waals surface area contributed by atoms with Gasteiger partial charge < -0.3 is 19.8 Å². The van der Waals surface area contributed by atoms with Crippen molar-refractivity contribution in [3.05, 3.63) is 12.2 Å². The zero-order valence-electron chi connectivity index (χ0n) is 24.1. The molecule has 0 aromatic heterocycles. The first-order valence-corrected chi connectivity index (χ1v) is 14.7. The number of carboxylic acid groups (broad SMARTS) is 3. The molecule has 0 amide bonds. The van der Waals surface area contributed by atoms with E-state index >= 15 is 0 Å². The normalized spacial score (nSPS) is 15.8. The summed E-state index contributed by atoms with van der Waals surface area (Å²) in [7, 11) is 0. The van der Waals surface area contributed by atoms with Crippen LogP contribution >= 0.6 is 0 Å². The van der Waals surface area contributed by atoms with Gasteiger partial charge in [-0.15, -0.1) is 0 Å². The Morgan fingerprint density at radius 1 is 0.568 bits per heavy atom. The Labute approximate surface area is 225 Å². The van der Waals surface area contributed by atoms with Gasteiger partial charge >= 0.3 is 17.9 Å². The van der Waals surface area contributed by atoms with Crippen LogP contribution in [0.5, 0.6) is 0 Å². The molecule has 3 atom stereocenters. The number of nitrogens with zero attached hydrogens (tertiary/aromatic N) is 1. The smallest absolute Gasteiger partial charge is 0.306 e. The Balaban J connectivity index is 4.85. The second kappa shape index (κ2) is 21.1. The third-order valence-electron chi connectivity index (χ3n) is 7.75. The predicted molar refractivity (Wildman–Crippen MR) is 150 cm³/mol. The van der Waals surface area contributed by atoms with Crippen molar-refractivity contribution in [1.29, 1.82) is 0 Å². The fourth-order valence-electron chi connectivity index (χ4n) is 4.62. The van der Waals surface area contributed by atoms with E-state index in [9.17, 15) is 29.7 Å². The van der Waals surface area contributed by atoms with Gasteiger partial charge in [-0.2, -0.15) is 0 Å². The molecule has 0 aliphatic heterocycles. The third-order valence-corrected chi connectivity index (χ3v) is 7.75. The number of quaternary nitrogens is 1. The Morgan fingerprint density at radius 3 is 1.30 bits per heavy atom. The van der Waals surface area contributed by atoms with Gasteiger partial charge in [0.25, 0.3) is 0 Å². The minimum Gasteiger partial charge on any atom is -0.481 e. The molecule has 0 aliphatic carbocycles. The lowest BCUT2D eigenvalue weighted by Gasteiger charge is -2.40. The van der Waals surface area contributed by atoms with Gasteiger partial charge in [0, 0.05) is 19.3 Å². The van der Waals surface area contributed by atoms with Gasteiger partial charge in [0.2, 0.25) is 0 Å². The van der Waals surface area contributed by atoms with Crippen LogP contribution in [0, 0.1) is 17.8 Å². The van der Waals surface area contributed by atoms with Gasteiger partial charge in [-0.3, -0.25) is 14.4 Å². The number of hydrogen-bond donors (Lipinski definition) is 3. The number of allylic oxidation sites excluding steroid dienone is 2. The van der Waals surface area contributed by atoms with Gasteiger partial charge in [0.1, 0.15) is 0 Å². The van der Waals surface area contributed by atoms with Crippen molar-refractivity contribution in [3.63, 3.8) is 0 Å². The van der Waals surface area contributed by atoms with Crippen LogP contribution in [0.25, 0.3) is 0 Å². The van der Waals surface area contributed by atoms with Crippen LogP contribution in [0.15, 0.2) is 12.2 Å². The standard InChI is InChI=1S/C30H55NO6/c1-5-6-7-8-9-10-11-12-13-14-15-16-17-21-31(22-18-25(2)28(32)33,23-19-26(3)29(34)35)24-20-27(4)30(36)37/h7-8,25-27H,5-6,9-24H2,1-4H3,(H2-,32,33,34,35,36,37)/p+1/b8-7+. The van der Waals surface area contributed by atoms with E-state index in [-0.39, 0.29) is 0 Å². The molecular formula is C30H56NO6+. The van der Waals surface area contributed by atoms with Crippen molar-refractivity contribution in [2.45, 2.75) is 118 Å². The predicted octanol–water partition coefficient (Wildman–Crippen LogP) is 7.00. The van der Waals surface area contributed by atoms with E-state index in [1.165, 1.54) is 57.8 Å². The van der Waals surface area contributed by atoms with Crippen LogP contribution in [0.1, 0.15) is 118 Å². The molecule has 7 heteroatoms. The summed E-state index contributed by atoms with van der Waals surface area (Å²) < 4.78 is 0.610. The van der Waals surface area contributed by atoms with E-state index in [0.29, 0.717) is 43.4 Å². The molecule has 0 fully saturated rings. The second-order valence-corrected chi connectivity index (χ2v) is 11.2. The molecule has 216 valence electrons. The van der Waals surface area contributed by atoms with E-state index in [4.69, 9.17) is 0 Å². The quantitative estimate of drug-likeness (QED) is 0.0670. The highest BCUT2D eigenvalue weighted by atomic mass is 16.4. The van der Waals surface area contributed by atoms with E-state index in [0.717, 1.165) is 19.4 Å². The summed E-state index contributed by atoms with van der Waals surface area (Å²) in [6, 6.07) is 0. The first kappa shape index (κ1) is 35.1. The molecule has 0 aromatic rings. The fourth-order valence-corrected chi connectivity index (χ4v) is 4.62. The molecule has 0 heterocycles. The molecule has 3 N–H and O–H groups in total. The van der Waals surface area contributed by atoms with Crippen molar-refractivity contribution in [1.82, 2.24) is 0 Å². The van der Waals surface area contributed by atoms with Crippen LogP contribution in [-0.2, 0) is 14.4 Å². The Bertz CT molecular complexity index is 603. The van der Waals surface area contributed by atoms with Crippen molar-refractivity contribution in [3.8, 4) is 0 Å². The maximum atomic E-state index is 11.4. The number of aliphatic carboxylic acids is 3. The minimum absolute atomic E-state index is 0.478. The zero-order valence-corrected chi connectivity index (χ0v) is 24.1. The van der Waals surface area contributed by atoms with Crippen LogP contribution in [-0.4, -0.2) is 63.9 Å². The average molecular weight is 527 g/mol. The van der Waals surface area contributed by atoms with E-state index in [2.05, 4.69) is 19.1 Å². The van der Waals surface area contributed by atoms with Gasteiger partial charge in [-0.25, -0.2) is 0 Å². The molecular weight excluding hydrogens is 470 g/mol. The topological polar surface area (TPSA) is 112 Å². The second-order valence-electron chi connectivity index (χ2n) is 11.2. The molecule has 0 aromatic carbocycles. The maximum absolute atomic E-state index is 11.4. The van der Waals surface area contributed by atoms with Gasteiger partial charge in [0.05, 0.1) is 43.9 Å². The Morgan fingerprint density at radius 2 is 0.919 bits per heavy atom. The molecule has 0 saturated heterocycles. The van der Waals surface area contributed by atoms with E-state index < -0.39 is 35.7 Å². The molecule has 0 saturated carbocycles. The highest BCUT2D eigenvalue weighted by molar-refractivity contribution is 5.70. The molecule has 0 rings (SSSR count). The molecule has 0 radical (unpaired) electrons. The monoisotopic (exact) mass is 526 g/mol.